The Morgan fingerprint density at radius 2 is 2.26 bits per heavy atom. The number of hydrogen-bond acceptors (Lipinski definition) is 6. The number of carbonyl (C=O) groups excluding carboxylic acids is 1. The van der Waals surface area contributed by atoms with Crippen LogP contribution in [0, 0.1) is 0 Å². The standard InChI is InChI=1S/C20H25N5O2/c1-3-12-27-17-7-5-4-6-16(17)20(26)25-11-9-15(13-25)24(2)14-19-22-10-8-18(21)23-19/h3-8,10,15H,1,9,11-14H2,2H3,(H2,21,22,23)/t15-/m0/s1. The predicted octanol–water partition coefficient (Wildman–Crippen LogP) is 1.97. The number of rotatable bonds is 7. The van der Waals surface area contributed by atoms with E-state index in [2.05, 4.69) is 21.4 Å². The van der Waals surface area contributed by atoms with E-state index in [1.807, 2.05) is 30.1 Å². The second-order valence-corrected chi connectivity index (χ2v) is 6.60. The van der Waals surface area contributed by atoms with Crippen molar-refractivity contribution in [3.63, 3.8) is 0 Å². The van der Waals surface area contributed by atoms with Gasteiger partial charge in [0.15, 0.2) is 0 Å². The Morgan fingerprint density at radius 1 is 1.44 bits per heavy atom. The summed E-state index contributed by atoms with van der Waals surface area (Å²) in [5, 5.41) is 0. The number of ether oxygens (including phenoxy) is 1. The summed E-state index contributed by atoms with van der Waals surface area (Å²) in [5.41, 5.74) is 6.31. The second-order valence-electron chi connectivity index (χ2n) is 6.60. The Morgan fingerprint density at radius 3 is 3.04 bits per heavy atom. The van der Waals surface area contributed by atoms with Crippen molar-refractivity contribution in [2.24, 2.45) is 0 Å². The molecule has 1 aliphatic heterocycles. The van der Waals surface area contributed by atoms with E-state index in [-0.39, 0.29) is 11.9 Å². The predicted molar refractivity (Wildman–Crippen MR) is 104 cm³/mol. The Labute approximate surface area is 159 Å². The van der Waals surface area contributed by atoms with Gasteiger partial charge in [0.1, 0.15) is 24.0 Å². The van der Waals surface area contributed by atoms with Crippen molar-refractivity contribution in [1.29, 1.82) is 0 Å². The molecule has 7 nitrogen and oxygen atoms in total. The third-order valence-electron chi connectivity index (χ3n) is 4.67. The molecule has 7 heteroatoms. The van der Waals surface area contributed by atoms with Crippen LogP contribution in [-0.2, 0) is 6.54 Å². The zero-order chi connectivity index (χ0) is 19.2. The molecule has 1 aromatic carbocycles. The lowest BCUT2D eigenvalue weighted by Gasteiger charge is -2.24. The molecule has 27 heavy (non-hydrogen) atoms. The number of benzene rings is 1. The zero-order valence-electron chi connectivity index (χ0n) is 15.5. The molecule has 0 radical (unpaired) electrons. The minimum Gasteiger partial charge on any atom is -0.489 e. The van der Waals surface area contributed by atoms with Crippen molar-refractivity contribution in [2.75, 3.05) is 32.5 Å². The molecule has 3 rings (SSSR count). The van der Waals surface area contributed by atoms with Crippen LogP contribution >= 0.6 is 0 Å². The van der Waals surface area contributed by atoms with Gasteiger partial charge in [-0.15, -0.1) is 0 Å². The van der Waals surface area contributed by atoms with E-state index in [9.17, 15) is 4.79 Å². The summed E-state index contributed by atoms with van der Waals surface area (Å²) in [6.45, 7) is 5.99. The van der Waals surface area contributed by atoms with Gasteiger partial charge in [0.05, 0.1) is 12.1 Å². The molecule has 2 aromatic rings. The topological polar surface area (TPSA) is 84.6 Å². The van der Waals surface area contributed by atoms with Crippen LogP contribution in [0.4, 0.5) is 5.82 Å². The maximum atomic E-state index is 13.0. The first-order valence-corrected chi connectivity index (χ1v) is 8.98. The number of nitrogens with zero attached hydrogens (tertiary/aromatic N) is 4. The largest absolute Gasteiger partial charge is 0.489 e. The highest BCUT2D eigenvalue weighted by molar-refractivity contribution is 5.97. The molecular formula is C20H25N5O2. The lowest BCUT2D eigenvalue weighted by molar-refractivity contribution is 0.0775. The molecule has 1 aromatic heterocycles. The smallest absolute Gasteiger partial charge is 0.257 e. The summed E-state index contributed by atoms with van der Waals surface area (Å²) < 4.78 is 5.63. The van der Waals surface area contributed by atoms with E-state index in [0.717, 1.165) is 6.42 Å². The van der Waals surface area contributed by atoms with Crippen LogP contribution in [0.1, 0.15) is 22.6 Å². The van der Waals surface area contributed by atoms with Gasteiger partial charge >= 0.3 is 0 Å². The van der Waals surface area contributed by atoms with Gasteiger partial charge in [-0.1, -0.05) is 24.8 Å². The fourth-order valence-electron chi connectivity index (χ4n) is 3.22. The van der Waals surface area contributed by atoms with Gasteiger partial charge in [0.2, 0.25) is 0 Å². The lowest BCUT2D eigenvalue weighted by atomic mass is 10.1. The molecule has 2 N–H and O–H groups in total. The van der Waals surface area contributed by atoms with Gasteiger partial charge in [0.25, 0.3) is 5.91 Å². The zero-order valence-corrected chi connectivity index (χ0v) is 15.5. The first-order valence-electron chi connectivity index (χ1n) is 8.98. The summed E-state index contributed by atoms with van der Waals surface area (Å²) in [7, 11) is 2.02. The van der Waals surface area contributed by atoms with E-state index in [4.69, 9.17) is 10.5 Å². The fourth-order valence-corrected chi connectivity index (χ4v) is 3.22. The molecule has 2 heterocycles. The Hall–Kier alpha value is -2.93. The average molecular weight is 367 g/mol. The molecule has 0 saturated carbocycles. The first-order chi connectivity index (χ1) is 13.1. The number of hydrogen-bond donors (Lipinski definition) is 1. The molecule has 1 saturated heterocycles. The van der Waals surface area contributed by atoms with Crippen LogP contribution in [-0.4, -0.2) is 58.5 Å². The monoisotopic (exact) mass is 367 g/mol. The molecule has 0 unspecified atom stereocenters. The Kier molecular flexibility index (Phi) is 6.03. The summed E-state index contributed by atoms with van der Waals surface area (Å²) in [4.78, 5) is 25.5. The van der Waals surface area contributed by atoms with Crippen molar-refractivity contribution in [1.82, 2.24) is 19.8 Å². The quantitative estimate of drug-likeness (QED) is 0.753. The fraction of sp³-hybridized carbons (Fsp3) is 0.350. The Bertz CT molecular complexity index is 810. The van der Waals surface area contributed by atoms with E-state index >= 15 is 0 Å². The summed E-state index contributed by atoms with van der Waals surface area (Å²) in [5.74, 6) is 1.73. The number of amides is 1. The third kappa shape index (κ3) is 4.62. The van der Waals surface area contributed by atoms with Gasteiger partial charge in [-0.25, -0.2) is 9.97 Å². The molecule has 142 valence electrons. The normalized spacial score (nSPS) is 16.5. The van der Waals surface area contributed by atoms with Gasteiger partial charge in [-0.2, -0.15) is 0 Å². The van der Waals surface area contributed by atoms with Gasteiger partial charge < -0.3 is 15.4 Å². The number of para-hydroxylation sites is 1. The summed E-state index contributed by atoms with van der Waals surface area (Å²) >= 11 is 0. The summed E-state index contributed by atoms with van der Waals surface area (Å²) in [6, 6.07) is 9.25. The highest BCUT2D eigenvalue weighted by atomic mass is 16.5. The SMILES string of the molecule is C=CCOc1ccccc1C(=O)N1CC[C@H](N(C)Cc2nccc(N)n2)C1. The molecule has 0 aliphatic carbocycles. The van der Waals surface area contributed by atoms with Crippen molar-refractivity contribution in [3.8, 4) is 5.75 Å². The van der Waals surface area contributed by atoms with E-state index < -0.39 is 0 Å². The average Bonchev–Trinajstić information content (AvgIpc) is 3.16. The molecular weight excluding hydrogens is 342 g/mol. The molecule has 1 aliphatic rings. The van der Waals surface area contributed by atoms with Crippen molar-refractivity contribution < 1.29 is 9.53 Å². The van der Waals surface area contributed by atoms with Crippen molar-refractivity contribution in [2.45, 2.75) is 19.0 Å². The van der Waals surface area contributed by atoms with Crippen LogP contribution in [0.5, 0.6) is 5.75 Å². The minimum absolute atomic E-state index is 0.00855. The van der Waals surface area contributed by atoms with Crippen LogP contribution in [0.3, 0.4) is 0 Å². The maximum absolute atomic E-state index is 13.0. The van der Waals surface area contributed by atoms with E-state index in [1.165, 1.54) is 0 Å². The molecule has 1 atom stereocenters. The van der Waals surface area contributed by atoms with Crippen LogP contribution in [0.15, 0.2) is 49.2 Å². The number of anilines is 1. The highest BCUT2D eigenvalue weighted by Crippen LogP contribution is 2.24. The summed E-state index contributed by atoms with van der Waals surface area (Å²) in [6.07, 6.45) is 4.23. The molecule has 1 amide bonds. The number of aromatic nitrogens is 2. The van der Waals surface area contributed by atoms with E-state index in [0.29, 0.717) is 49.2 Å². The minimum atomic E-state index is -0.00855. The van der Waals surface area contributed by atoms with E-state index in [1.54, 1.807) is 24.4 Å². The molecule has 0 bridgehead atoms. The van der Waals surface area contributed by atoms with Crippen molar-refractivity contribution in [3.05, 3.63) is 60.6 Å². The second kappa shape index (κ2) is 8.64. The molecule has 1 fully saturated rings. The van der Waals surface area contributed by atoms with Gasteiger partial charge in [0, 0.05) is 25.3 Å². The first kappa shape index (κ1) is 18.8. The van der Waals surface area contributed by atoms with Crippen LogP contribution in [0.2, 0.25) is 0 Å². The van der Waals surface area contributed by atoms with Crippen LogP contribution < -0.4 is 10.5 Å². The number of nitrogen functional groups attached to an aromatic ring is 1. The van der Waals surface area contributed by atoms with Crippen LogP contribution in [0.25, 0.3) is 0 Å². The highest BCUT2D eigenvalue weighted by Gasteiger charge is 2.30. The Balaban J connectivity index is 1.63. The van der Waals surface area contributed by atoms with Gasteiger partial charge in [-0.05, 0) is 31.7 Å². The maximum Gasteiger partial charge on any atom is 0.257 e. The number of carbonyl (C=O) groups is 1. The third-order valence-corrected chi connectivity index (χ3v) is 4.67. The number of likely N-dealkylation sites (tertiary alicyclic amines) is 1. The number of likely N-dealkylation sites (N-methyl/N-ethyl adjacent to an activating group) is 1. The lowest BCUT2D eigenvalue weighted by Crippen LogP contribution is -2.36. The van der Waals surface area contributed by atoms with Crippen molar-refractivity contribution >= 4 is 11.7 Å². The molecule has 0 spiro atoms. The number of nitrogens with two attached hydrogens (primary N) is 1. The van der Waals surface area contributed by atoms with Gasteiger partial charge in [-0.3, -0.25) is 9.69 Å².